The molecule has 0 atom stereocenters. The summed E-state index contributed by atoms with van der Waals surface area (Å²) in [7, 11) is 0. The molecule has 2 N–H and O–H groups in total. The van der Waals surface area contributed by atoms with E-state index in [1.807, 2.05) is 23.1 Å². The van der Waals surface area contributed by atoms with Crippen LogP contribution in [0.5, 0.6) is 0 Å². The molecule has 7 heteroatoms. The number of fused-ring (bicyclic) bond motifs is 1. The third-order valence-corrected chi connectivity index (χ3v) is 5.01. The number of amides is 3. The first-order chi connectivity index (χ1) is 13.6. The van der Waals surface area contributed by atoms with Crippen molar-refractivity contribution < 1.29 is 14.4 Å². The molecule has 1 aromatic heterocycles. The maximum Gasteiger partial charge on any atom is 0.313 e. The van der Waals surface area contributed by atoms with Gasteiger partial charge in [-0.25, -0.2) is 0 Å². The summed E-state index contributed by atoms with van der Waals surface area (Å²) in [5.74, 6) is -1.06. The van der Waals surface area contributed by atoms with Gasteiger partial charge in [0, 0.05) is 30.0 Å². The van der Waals surface area contributed by atoms with Crippen LogP contribution in [0, 0.1) is 5.92 Å². The monoisotopic (exact) mass is 378 g/mol. The molecular weight excluding hydrogens is 356 g/mol. The average Bonchev–Trinajstić information content (AvgIpc) is 3.57. The number of benzene rings is 1. The smallest absolute Gasteiger partial charge is 0.313 e. The number of carbonyl (C=O) groups excluding carboxylic acids is 3. The van der Waals surface area contributed by atoms with E-state index in [4.69, 9.17) is 0 Å². The van der Waals surface area contributed by atoms with E-state index < -0.39 is 11.8 Å². The minimum atomic E-state index is -0.724. The first-order valence-corrected chi connectivity index (χ1v) is 9.55. The fourth-order valence-corrected chi connectivity index (χ4v) is 3.40. The lowest BCUT2D eigenvalue weighted by Crippen LogP contribution is -2.37. The minimum Gasteiger partial charge on any atom is -0.342 e. The van der Waals surface area contributed by atoms with Gasteiger partial charge in [-0.3, -0.25) is 19.4 Å². The molecule has 0 bridgehead atoms. The van der Waals surface area contributed by atoms with Crippen LogP contribution in [-0.4, -0.2) is 29.3 Å². The summed E-state index contributed by atoms with van der Waals surface area (Å²) in [4.78, 5) is 42.6. The SMILES string of the molecule is O=C(NCc1ccccn1)C(=O)Nc1ccc2c(c1)CCCN2C(=O)C1CC1. The molecule has 1 aliphatic heterocycles. The van der Waals surface area contributed by atoms with E-state index in [9.17, 15) is 14.4 Å². The molecule has 1 aliphatic carbocycles. The van der Waals surface area contributed by atoms with E-state index in [0.29, 0.717) is 11.4 Å². The van der Waals surface area contributed by atoms with E-state index in [1.165, 1.54) is 0 Å². The number of nitrogens with zero attached hydrogens (tertiary/aromatic N) is 2. The van der Waals surface area contributed by atoms with Crippen molar-refractivity contribution >= 4 is 29.1 Å². The van der Waals surface area contributed by atoms with Gasteiger partial charge >= 0.3 is 11.8 Å². The molecule has 2 aliphatic rings. The van der Waals surface area contributed by atoms with Crippen LogP contribution in [0.2, 0.25) is 0 Å². The van der Waals surface area contributed by atoms with Crippen molar-refractivity contribution in [1.29, 1.82) is 0 Å². The molecule has 3 amide bonds. The van der Waals surface area contributed by atoms with Gasteiger partial charge in [-0.05, 0) is 61.6 Å². The predicted molar refractivity (Wildman–Crippen MR) is 105 cm³/mol. The molecule has 2 aromatic rings. The van der Waals surface area contributed by atoms with Crippen molar-refractivity contribution in [3.05, 3.63) is 53.9 Å². The fourth-order valence-electron chi connectivity index (χ4n) is 3.40. The average molecular weight is 378 g/mol. The lowest BCUT2D eigenvalue weighted by Gasteiger charge is -2.30. The molecule has 4 rings (SSSR count). The number of aromatic nitrogens is 1. The van der Waals surface area contributed by atoms with Gasteiger partial charge in [0.2, 0.25) is 5.91 Å². The van der Waals surface area contributed by atoms with Crippen LogP contribution in [0.15, 0.2) is 42.6 Å². The Kier molecular flexibility index (Phi) is 5.06. The van der Waals surface area contributed by atoms with E-state index in [1.54, 1.807) is 24.4 Å². The van der Waals surface area contributed by atoms with Crippen LogP contribution in [0.1, 0.15) is 30.5 Å². The fraction of sp³-hybridized carbons (Fsp3) is 0.333. The van der Waals surface area contributed by atoms with Gasteiger partial charge in [0.25, 0.3) is 0 Å². The number of anilines is 2. The Balaban J connectivity index is 1.39. The second-order valence-electron chi connectivity index (χ2n) is 7.17. The van der Waals surface area contributed by atoms with Crippen LogP contribution in [0.3, 0.4) is 0 Å². The molecular formula is C21H22N4O3. The van der Waals surface area contributed by atoms with Crippen molar-refractivity contribution in [1.82, 2.24) is 10.3 Å². The zero-order valence-electron chi connectivity index (χ0n) is 15.5. The summed E-state index contributed by atoms with van der Waals surface area (Å²) in [5.41, 5.74) is 3.17. The Hall–Kier alpha value is -3.22. The van der Waals surface area contributed by atoms with Gasteiger partial charge in [-0.1, -0.05) is 6.07 Å². The molecule has 1 aromatic carbocycles. The lowest BCUT2D eigenvalue weighted by atomic mass is 10.0. The van der Waals surface area contributed by atoms with Crippen LogP contribution >= 0.6 is 0 Å². The van der Waals surface area contributed by atoms with Crippen molar-refractivity contribution in [2.75, 3.05) is 16.8 Å². The van der Waals surface area contributed by atoms with E-state index in [0.717, 1.165) is 43.5 Å². The van der Waals surface area contributed by atoms with Crippen LogP contribution in [-0.2, 0) is 27.3 Å². The van der Waals surface area contributed by atoms with Crippen LogP contribution in [0.25, 0.3) is 0 Å². The van der Waals surface area contributed by atoms with Gasteiger partial charge in [0.15, 0.2) is 0 Å². The van der Waals surface area contributed by atoms with Crippen LogP contribution in [0.4, 0.5) is 11.4 Å². The van der Waals surface area contributed by atoms with Gasteiger partial charge in [0.05, 0.1) is 12.2 Å². The number of carbonyl (C=O) groups is 3. The Morgan fingerprint density at radius 1 is 1.11 bits per heavy atom. The topological polar surface area (TPSA) is 91.4 Å². The predicted octanol–water partition coefficient (Wildman–Crippen LogP) is 2.03. The third-order valence-electron chi connectivity index (χ3n) is 5.01. The molecule has 1 saturated carbocycles. The van der Waals surface area contributed by atoms with Gasteiger partial charge < -0.3 is 15.5 Å². The molecule has 2 heterocycles. The Morgan fingerprint density at radius 2 is 1.96 bits per heavy atom. The van der Waals surface area contributed by atoms with Gasteiger partial charge in [-0.15, -0.1) is 0 Å². The normalized spacial score (nSPS) is 15.5. The maximum atomic E-state index is 12.5. The number of nitrogens with one attached hydrogen (secondary N) is 2. The van der Waals surface area contributed by atoms with Crippen molar-refractivity contribution in [2.24, 2.45) is 5.92 Å². The molecule has 0 unspecified atom stereocenters. The van der Waals surface area contributed by atoms with E-state index in [2.05, 4.69) is 15.6 Å². The van der Waals surface area contributed by atoms with E-state index >= 15 is 0 Å². The summed E-state index contributed by atoms with van der Waals surface area (Å²) >= 11 is 0. The lowest BCUT2D eigenvalue weighted by molar-refractivity contribution is -0.136. The van der Waals surface area contributed by atoms with E-state index in [-0.39, 0.29) is 18.4 Å². The number of rotatable bonds is 4. The van der Waals surface area contributed by atoms with Crippen molar-refractivity contribution in [2.45, 2.75) is 32.2 Å². The zero-order valence-corrected chi connectivity index (χ0v) is 15.5. The minimum absolute atomic E-state index is 0.174. The number of aryl methyl sites for hydroxylation is 1. The Labute approximate surface area is 163 Å². The summed E-state index contributed by atoms with van der Waals surface area (Å²) in [6.07, 6.45) is 5.33. The quantitative estimate of drug-likeness (QED) is 0.797. The Morgan fingerprint density at radius 3 is 2.71 bits per heavy atom. The summed E-state index contributed by atoms with van der Waals surface area (Å²) in [6, 6.07) is 10.8. The Bertz CT molecular complexity index is 909. The summed E-state index contributed by atoms with van der Waals surface area (Å²) in [5, 5.41) is 5.19. The largest absolute Gasteiger partial charge is 0.342 e. The first kappa shape index (κ1) is 18.2. The second-order valence-corrected chi connectivity index (χ2v) is 7.17. The zero-order chi connectivity index (χ0) is 19.5. The number of hydrogen-bond donors (Lipinski definition) is 2. The molecule has 7 nitrogen and oxygen atoms in total. The highest BCUT2D eigenvalue weighted by atomic mass is 16.2. The molecule has 1 fully saturated rings. The number of pyridine rings is 1. The standard InChI is InChI=1S/C21H22N4O3/c26-19(23-13-17-5-1-2-10-22-17)20(27)24-16-8-9-18-15(12-16)4-3-11-25(18)21(28)14-6-7-14/h1-2,5,8-10,12,14H,3-4,6-7,11,13H2,(H,23,26)(H,24,27). The first-order valence-electron chi connectivity index (χ1n) is 9.55. The highest BCUT2D eigenvalue weighted by molar-refractivity contribution is 6.39. The molecule has 144 valence electrons. The highest BCUT2D eigenvalue weighted by Gasteiger charge is 2.35. The van der Waals surface area contributed by atoms with Gasteiger partial charge in [-0.2, -0.15) is 0 Å². The number of hydrogen-bond acceptors (Lipinski definition) is 4. The van der Waals surface area contributed by atoms with Gasteiger partial charge in [0.1, 0.15) is 0 Å². The molecule has 28 heavy (non-hydrogen) atoms. The van der Waals surface area contributed by atoms with Crippen molar-refractivity contribution in [3.8, 4) is 0 Å². The summed E-state index contributed by atoms with van der Waals surface area (Å²) < 4.78 is 0. The second kappa shape index (κ2) is 7.80. The molecule has 0 saturated heterocycles. The maximum absolute atomic E-state index is 12.5. The molecule has 0 spiro atoms. The highest BCUT2D eigenvalue weighted by Crippen LogP contribution is 2.36. The van der Waals surface area contributed by atoms with Crippen molar-refractivity contribution in [3.63, 3.8) is 0 Å². The third kappa shape index (κ3) is 4.03. The summed E-state index contributed by atoms with van der Waals surface area (Å²) in [6.45, 7) is 0.930. The van der Waals surface area contributed by atoms with Crippen LogP contribution < -0.4 is 15.5 Å². The molecule has 0 radical (unpaired) electrons.